The Labute approximate surface area is 360 Å². The summed E-state index contributed by atoms with van der Waals surface area (Å²) in [5.41, 5.74) is 13.9. The van der Waals surface area contributed by atoms with Crippen LogP contribution in [0.3, 0.4) is 0 Å². The quantitative estimate of drug-likeness (QED) is 0.160. The Hall–Kier alpha value is -6.94. The summed E-state index contributed by atoms with van der Waals surface area (Å²) >= 11 is 1.88. The number of hydrogen-bond donors (Lipinski definition) is 0. The number of fused-ring (bicyclic) bond motifs is 7. The molecule has 1 saturated carbocycles. The van der Waals surface area contributed by atoms with E-state index in [1.54, 1.807) is 0 Å². The van der Waals surface area contributed by atoms with E-state index in [1.807, 2.05) is 23.5 Å². The second kappa shape index (κ2) is 15.0. The van der Waals surface area contributed by atoms with Crippen LogP contribution in [0.4, 0.5) is 17.1 Å². The molecule has 292 valence electrons. The van der Waals surface area contributed by atoms with Gasteiger partial charge in [0.25, 0.3) is 0 Å². The zero-order valence-electron chi connectivity index (χ0n) is 33.9. The standard InChI is InChI=1S/C58H43NOS/c1-2-14-38(15-3-1)45-23-11-16-40-17-12-25-51(57(40)45)47-20-4-7-27-53(47)59(43-33-30-39(31-34-43)46-24-13-26-52-50-22-6-9-29-56(50)61-58(46)52)44-19-10-18-41(36-44)42-32-35-49-48-21-5-8-28-54(48)60-55(49)37-42/h4-13,16-38H,1-3,14-15H2. The summed E-state index contributed by atoms with van der Waals surface area (Å²) in [5.74, 6) is 0.584. The number of nitrogens with zero attached hydrogens (tertiary/aromatic N) is 1. The van der Waals surface area contributed by atoms with E-state index in [9.17, 15) is 0 Å². The van der Waals surface area contributed by atoms with Crippen LogP contribution in [-0.4, -0.2) is 0 Å². The number of hydrogen-bond acceptors (Lipinski definition) is 3. The van der Waals surface area contributed by atoms with E-state index in [0.29, 0.717) is 5.92 Å². The predicted octanol–water partition coefficient (Wildman–Crippen LogP) is 17.6. The van der Waals surface area contributed by atoms with Crippen molar-refractivity contribution in [2.75, 3.05) is 4.90 Å². The molecule has 0 atom stereocenters. The molecule has 61 heavy (non-hydrogen) atoms. The van der Waals surface area contributed by atoms with Gasteiger partial charge < -0.3 is 9.32 Å². The van der Waals surface area contributed by atoms with Gasteiger partial charge in [-0.25, -0.2) is 0 Å². The van der Waals surface area contributed by atoms with E-state index >= 15 is 0 Å². The lowest BCUT2D eigenvalue weighted by Crippen LogP contribution is -2.11. The molecule has 1 fully saturated rings. The lowest BCUT2D eigenvalue weighted by Gasteiger charge is -2.29. The number of furan rings is 1. The molecule has 0 bridgehead atoms. The van der Waals surface area contributed by atoms with Crippen molar-refractivity contribution >= 4 is 81.3 Å². The molecule has 3 heteroatoms. The Kier molecular flexibility index (Phi) is 8.82. The fraction of sp³-hybridized carbons (Fsp3) is 0.103. The molecule has 11 aromatic rings. The van der Waals surface area contributed by atoms with Crippen molar-refractivity contribution in [1.29, 1.82) is 0 Å². The van der Waals surface area contributed by atoms with Crippen molar-refractivity contribution in [2.45, 2.75) is 38.0 Å². The average Bonchev–Trinajstić information content (AvgIpc) is 3.90. The zero-order chi connectivity index (χ0) is 40.3. The zero-order valence-corrected chi connectivity index (χ0v) is 34.7. The minimum atomic E-state index is 0.584. The largest absolute Gasteiger partial charge is 0.456 e. The van der Waals surface area contributed by atoms with Crippen molar-refractivity contribution in [3.05, 3.63) is 200 Å². The van der Waals surface area contributed by atoms with E-state index < -0.39 is 0 Å². The third kappa shape index (κ3) is 6.23. The molecule has 9 aromatic carbocycles. The van der Waals surface area contributed by atoms with Crippen LogP contribution in [0, 0.1) is 0 Å². The molecule has 12 rings (SSSR count). The number of para-hydroxylation sites is 2. The van der Waals surface area contributed by atoms with Crippen molar-refractivity contribution in [3.63, 3.8) is 0 Å². The fourth-order valence-electron chi connectivity index (χ4n) is 10.2. The van der Waals surface area contributed by atoms with E-state index in [-0.39, 0.29) is 0 Å². The smallest absolute Gasteiger partial charge is 0.136 e. The van der Waals surface area contributed by atoms with E-state index in [1.165, 1.54) is 90.9 Å². The van der Waals surface area contributed by atoms with Crippen molar-refractivity contribution in [2.24, 2.45) is 0 Å². The summed E-state index contributed by atoms with van der Waals surface area (Å²) in [6, 6.07) is 71.5. The molecule has 2 nitrogen and oxygen atoms in total. The van der Waals surface area contributed by atoms with Crippen LogP contribution in [0.1, 0.15) is 43.6 Å². The highest BCUT2D eigenvalue weighted by atomic mass is 32.1. The van der Waals surface area contributed by atoms with E-state index in [4.69, 9.17) is 4.42 Å². The van der Waals surface area contributed by atoms with Gasteiger partial charge in [0.15, 0.2) is 0 Å². The summed E-state index contributed by atoms with van der Waals surface area (Å²) in [4.78, 5) is 2.46. The summed E-state index contributed by atoms with van der Waals surface area (Å²) in [5, 5.41) is 7.63. The second-order valence-electron chi connectivity index (χ2n) is 16.6. The third-order valence-corrected chi connectivity index (χ3v) is 14.3. The van der Waals surface area contributed by atoms with E-state index in [2.05, 4.69) is 187 Å². The Morgan fingerprint density at radius 3 is 2.02 bits per heavy atom. The minimum absolute atomic E-state index is 0.584. The summed E-state index contributed by atoms with van der Waals surface area (Å²) in [7, 11) is 0. The summed E-state index contributed by atoms with van der Waals surface area (Å²) in [6.07, 6.45) is 6.47. The van der Waals surface area contributed by atoms with Gasteiger partial charge in [0.2, 0.25) is 0 Å². The van der Waals surface area contributed by atoms with Gasteiger partial charge in [0.1, 0.15) is 11.2 Å². The van der Waals surface area contributed by atoms with Gasteiger partial charge in [-0.3, -0.25) is 0 Å². The van der Waals surface area contributed by atoms with Crippen molar-refractivity contribution < 1.29 is 4.42 Å². The molecule has 1 aliphatic carbocycles. The first kappa shape index (κ1) is 36.0. The van der Waals surface area contributed by atoms with Gasteiger partial charge in [-0.15, -0.1) is 11.3 Å². The Morgan fingerprint density at radius 1 is 0.443 bits per heavy atom. The monoisotopic (exact) mass is 801 g/mol. The average molecular weight is 802 g/mol. The van der Waals surface area contributed by atoms with Crippen molar-refractivity contribution in [1.82, 2.24) is 0 Å². The maximum atomic E-state index is 6.37. The Balaban J connectivity index is 1.03. The van der Waals surface area contributed by atoms with Gasteiger partial charge in [-0.2, -0.15) is 0 Å². The molecule has 0 unspecified atom stereocenters. The Bertz CT molecular complexity index is 3410. The molecule has 0 N–H and O–H groups in total. The highest BCUT2D eigenvalue weighted by Crippen LogP contribution is 2.47. The van der Waals surface area contributed by atoms with E-state index in [0.717, 1.165) is 50.1 Å². The molecule has 0 aliphatic heterocycles. The highest BCUT2D eigenvalue weighted by Gasteiger charge is 2.23. The number of rotatable bonds is 7. The molecule has 0 amide bonds. The molecule has 2 aromatic heterocycles. The minimum Gasteiger partial charge on any atom is -0.456 e. The molecular formula is C58H43NOS. The first-order valence-electron chi connectivity index (χ1n) is 21.7. The van der Waals surface area contributed by atoms with Crippen LogP contribution in [0.15, 0.2) is 199 Å². The van der Waals surface area contributed by atoms with Gasteiger partial charge in [0.05, 0.1) is 5.69 Å². The molecule has 0 saturated heterocycles. The first-order chi connectivity index (χ1) is 30.2. The van der Waals surface area contributed by atoms with Crippen LogP contribution >= 0.6 is 11.3 Å². The Morgan fingerprint density at radius 2 is 1.11 bits per heavy atom. The normalized spacial score (nSPS) is 13.5. The molecule has 2 heterocycles. The molecular weight excluding hydrogens is 759 g/mol. The number of benzene rings is 9. The van der Waals surface area contributed by atoms with Gasteiger partial charge in [-0.05, 0) is 118 Å². The first-order valence-corrected chi connectivity index (χ1v) is 22.5. The second-order valence-corrected chi connectivity index (χ2v) is 17.7. The highest BCUT2D eigenvalue weighted by molar-refractivity contribution is 7.26. The summed E-state index contributed by atoms with van der Waals surface area (Å²) < 4.78 is 9.02. The topological polar surface area (TPSA) is 16.4 Å². The molecule has 0 radical (unpaired) electrons. The lowest BCUT2D eigenvalue weighted by atomic mass is 9.80. The third-order valence-electron chi connectivity index (χ3n) is 13.1. The SMILES string of the molecule is c1cc(-c2ccc3c(c2)oc2ccccc23)cc(N(c2ccc(-c3cccc4c3sc3ccccc34)cc2)c2ccccc2-c2cccc3cccc(C4CCCCC4)c23)c1. The van der Waals surface area contributed by atoms with Crippen LogP contribution in [0.2, 0.25) is 0 Å². The van der Waals surface area contributed by atoms with Gasteiger partial charge in [-0.1, -0.05) is 159 Å². The number of anilines is 3. The lowest BCUT2D eigenvalue weighted by molar-refractivity contribution is 0.445. The van der Waals surface area contributed by atoms with Crippen molar-refractivity contribution in [3.8, 4) is 33.4 Å². The van der Waals surface area contributed by atoms with Gasteiger partial charge in [0, 0.05) is 47.9 Å². The molecule has 0 spiro atoms. The molecule has 1 aliphatic rings. The van der Waals surface area contributed by atoms with Crippen LogP contribution in [0.25, 0.3) is 86.3 Å². The summed E-state index contributed by atoms with van der Waals surface area (Å²) in [6.45, 7) is 0. The van der Waals surface area contributed by atoms with Gasteiger partial charge >= 0.3 is 0 Å². The maximum Gasteiger partial charge on any atom is 0.136 e. The number of thiophene rings is 1. The van der Waals surface area contributed by atoms with Crippen LogP contribution in [-0.2, 0) is 0 Å². The predicted molar refractivity (Wildman–Crippen MR) is 261 cm³/mol. The van der Waals surface area contributed by atoms with Crippen LogP contribution < -0.4 is 4.90 Å². The maximum absolute atomic E-state index is 6.37. The fourth-order valence-corrected chi connectivity index (χ4v) is 11.4. The van der Waals surface area contributed by atoms with Crippen LogP contribution in [0.5, 0.6) is 0 Å².